The van der Waals surface area contributed by atoms with E-state index in [4.69, 9.17) is 4.74 Å². The quantitative estimate of drug-likeness (QED) is 0.310. The van der Waals surface area contributed by atoms with Crippen molar-refractivity contribution < 1.29 is 23.9 Å². The van der Waals surface area contributed by atoms with Crippen LogP contribution in [0.3, 0.4) is 0 Å². The van der Waals surface area contributed by atoms with Gasteiger partial charge in [-0.2, -0.15) is 0 Å². The van der Waals surface area contributed by atoms with E-state index >= 15 is 0 Å². The zero-order chi connectivity index (χ0) is 26.6. The average molecular weight is 508 g/mol. The van der Waals surface area contributed by atoms with Crippen LogP contribution >= 0.6 is 0 Å². The summed E-state index contributed by atoms with van der Waals surface area (Å²) < 4.78 is 6.04. The standard InChI is InChI=1S/C29H37N3O5/c1-30-29(36)26(14-9-18-33)31(2)20-24-23(21-34)11-7-15-27(24)37-19-6-5-16-28(35)32-17-8-12-22-10-3-4-13-25(22)32/h3-4,7,10-11,13,15,18,21,26H,5-6,8-9,12,14,16-17,19-20H2,1-2H3,(H,30,36). The van der Waals surface area contributed by atoms with Gasteiger partial charge in [0.2, 0.25) is 11.8 Å². The number of nitrogens with zero attached hydrogens (tertiary/aromatic N) is 2. The van der Waals surface area contributed by atoms with Crippen LogP contribution in [0.4, 0.5) is 5.69 Å². The Morgan fingerprint density at radius 2 is 1.95 bits per heavy atom. The van der Waals surface area contributed by atoms with E-state index in [0.717, 1.165) is 37.6 Å². The number of amides is 2. The van der Waals surface area contributed by atoms with Gasteiger partial charge in [0, 0.05) is 49.8 Å². The van der Waals surface area contributed by atoms with Crippen LogP contribution in [0, 0.1) is 0 Å². The van der Waals surface area contributed by atoms with Crippen molar-refractivity contribution in [1.29, 1.82) is 0 Å². The first-order valence-corrected chi connectivity index (χ1v) is 12.9. The molecule has 1 aliphatic rings. The number of likely N-dealkylation sites (N-methyl/N-ethyl adjacent to an activating group) is 2. The molecular formula is C29H37N3O5. The molecule has 0 saturated carbocycles. The Balaban J connectivity index is 1.57. The van der Waals surface area contributed by atoms with E-state index in [2.05, 4.69) is 11.4 Å². The van der Waals surface area contributed by atoms with Crippen LogP contribution in [-0.4, -0.2) is 62.6 Å². The predicted molar refractivity (Wildman–Crippen MR) is 143 cm³/mol. The van der Waals surface area contributed by atoms with Crippen molar-refractivity contribution in [1.82, 2.24) is 10.2 Å². The van der Waals surface area contributed by atoms with Crippen LogP contribution in [-0.2, 0) is 27.3 Å². The molecule has 8 nitrogen and oxygen atoms in total. The number of hydrogen-bond acceptors (Lipinski definition) is 6. The van der Waals surface area contributed by atoms with Gasteiger partial charge in [0.15, 0.2) is 6.29 Å². The van der Waals surface area contributed by atoms with Crippen LogP contribution in [0.25, 0.3) is 0 Å². The van der Waals surface area contributed by atoms with E-state index in [9.17, 15) is 19.2 Å². The molecule has 3 rings (SSSR count). The Morgan fingerprint density at radius 1 is 1.14 bits per heavy atom. The van der Waals surface area contributed by atoms with E-state index in [-0.39, 0.29) is 18.2 Å². The Labute approximate surface area is 219 Å². The van der Waals surface area contributed by atoms with Gasteiger partial charge in [-0.25, -0.2) is 0 Å². The van der Waals surface area contributed by atoms with E-state index in [1.54, 1.807) is 26.2 Å². The highest BCUT2D eigenvalue weighted by atomic mass is 16.5. The molecule has 0 radical (unpaired) electrons. The number of anilines is 1. The van der Waals surface area contributed by atoms with Crippen LogP contribution in [0.15, 0.2) is 42.5 Å². The number of carbonyl (C=O) groups is 4. The minimum Gasteiger partial charge on any atom is -0.493 e. The second-order valence-corrected chi connectivity index (χ2v) is 9.31. The van der Waals surface area contributed by atoms with Gasteiger partial charge in [0.05, 0.1) is 12.6 Å². The molecule has 2 aromatic carbocycles. The molecule has 1 atom stereocenters. The molecule has 0 fully saturated rings. The summed E-state index contributed by atoms with van der Waals surface area (Å²) in [5.74, 6) is 0.531. The van der Waals surface area contributed by atoms with Gasteiger partial charge in [0.25, 0.3) is 0 Å². The molecule has 1 unspecified atom stereocenters. The molecule has 0 aromatic heterocycles. The van der Waals surface area contributed by atoms with Crippen molar-refractivity contribution in [3.8, 4) is 5.75 Å². The van der Waals surface area contributed by atoms with Gasteiger partial charge in [-0.1, -0.05) is 30.3 Å². The molecule has 1 N–H and O–H groups in total. The first-order chi connectivity index (χ1) is 18.0. The zero-order valence-electron chi connectivity index (χ0n) is 21.8. The smallest absolute Gasteiger partial charge is 0.237 e. The minimum absolute atomic E-state index is 0.132. The number of unbranched alkanes of at least 4 members (excludes halogenated alkanes) is 1. The fourth-order valence-electron chi connectivity index (χ4n) is 4.79. The third kappa shape index (κ3) is 7.49. The number of nitrogens with one attached hydrogen (secondary N) is 1. The molecule has 0 aliphatic carbocycles. The lowest BCUT2D eigenvalue weighted by Gasteiger charge is -2.29. The highest BCUT2D eigenvalue weighted by Gasteiger charge is 2.24. The maximum Gasteiger partial charge on any atom is 0.237 e. The summed E-state index contributed by atoms with van der Waals surface area (Å²) in [7, 11) is 3.35. The van der Waals surface area contributed by atoms with Gasteiger partial charge in [-0.15, -0.1) is 0 Å². The maximum absolute atomic E-state index is 12.9. The van der Waals surface area contributed by atoms with Gasteiger partial charge in [-0.05, 0) is 56.8 Å². The first-order valence-electron chi connectivity index (χ1n) is 12.9. The molecule has 1 heterocycles. The summed E-state index contributed by atoms with van der Waals surface area (Å²) in [6.07, 6.45) is 6.06. The highest BCUT2D eigenvalue weighted by Crippen LogP contribution is 2.28. The second-order valence-electron chi connectivity index (χ2n) is 9.31. The zero-order valence-corrected chi connectivity index (χ0v) is 21.8. The first kappa shape index (κ1) is 28.1. The number of para-hydroxylation sites is 1. The number of aldehydes is 2. The maximum atomic E-state index is 12.9. The topological polar surface area (TPSA) is 96.0 Å². The molecule has 0 bridgehead atoms. The van der Waals surface area contributed by atoms with Gasteiger partial charge < -0.3 is 19.7 Å². The monoisotopic (exact) mass is 507 g/mol. The molecule has 37 heavy (non-hydrogen) atoms. The third-order valence-electron chi connectivity index (χ3n) is 6.80. The predicted octanol–water partition coefficient (Wildman–Crippen LogP) is 3.55. The molecule has 0 spiro atoms. The summed E-state index contributed by atoms with van der Waals surface area (Å²) in [6.45, 7) is 1.48. The van der Waals surface area contributed by atoms with Gasteiger partial charge >= 0.3 is 0 Å². The lowest BCUT2D eigenvalue weighted by atomic mass is 10.0. The number of aryl methyl sites for hydroxylation is 1. The summed E-state index contributed by atoms with van der Waals surface area (Å²) in [5, 5.41) is 2.64. The number of ether oxygens (including phenoxy) is 1. The number of carbonyl (C=O) groups excluding carboxylic acids is 4. The van der Waals surface area contributed by atoms with Crippen molar-refractivity contribution in [2.45, 2.75) is 57.5 Å². The van der Waals surface area contributed by atoms with Crippen LogP contribution < -0.4 is 15.0 Å². The SMILES string of the molecule is CNC(=O)C(CCC=O)N(C)Cc1c(C=O)cccc1OCCCCC(=O)N1CCCc2ccccc21. The lowest BCUT2D eigenvalue weighted by molar-refractivity contribution is -0.126. The lowest BCUT2D eigenvalue weighted by Crippen LogP contribution is -2.43. The Kier molecular flexibility index (Phi) is 10.8. The molecule has 2 amide bonds. The molecular weight excluding hydrogens is 470 g/mol. The van der Waals surface area contributed by atoms with Crippen molar-refractivity contribution in [2.75, 3.05) is 32.1 Å². The van der Waals surface area contributed by atoms with E-state index < -0.39 is 6.04 Å². The molecule has 198 valence electrons. The van der Waals surface area contributed by atoms with E-state index in [1.807, 2.05) is 34.1 Å². The summed E-state index contributed by atoms with van der Waals surface area (Å²) in [5.41, 5.74) is 3.44. The largest absolute Gasteiger partial charge is 0.493 e. The molecule has 1 aliphatic heterocycles. The van der Waals surface area contributed by atoms with E-state index in [0.29, 0.717) is 55.7 Å². The third-order valence-corrected chi connectivity index (χ3v) is 6.80. The van der Waals surface area contributed by atoms with Gasteiger partial charge in [0.1, 0.15) is 12.0 Å². The molecule has 0 saturated heterocycles. The number of hydrogen-bond donors (Lipinski definition) is 1. The Bertz CT molecular complexity index is 1090. The normalized spacial score (nSPS) is 13.5. The molecule has 2 aromatic rings. The summed E-state index contributed by atoms with van der Waals surface area (Å²) in [6, 6.07) is 12.9. The van der Waals surface area contributed by atoms with Crippen molar-refractivity contribution in [2.24, 2.45) is 0 Å². The molecule has 8 heteroatoms. The van der Waals surface area contributed by atoms with Crippen molar-refractivity contribution in [3.63, 3.8) is 0 Å². The summed E-state index contributed by atoms with van der Waals surface area (Å²) in [4.78, 5) is 51.6. The van der Waals surface area contributed by atoms with Crippen LogP contribution in [0.2, 0.25) is 0 Å². The van der Waals surface area contributed by atoms with E-state index in [1.165, 1.54) is 5.56 Å². The van der Waals surface area contributed by atoms with Gasteiger partial charge in [-0.3, -0.25) is 19.3 Å². The Morgan fingerprint density at radius 3 is 2.70 bits per heavy atom. The van der Waals surface area contributed by atoms with Crippen molar-refractivity contribution >= 4 is 30.1 Å². The number of rotatable bonds is 14. The van der Waals surface area contributed by atoms with Crippen LogP contribution in [0.5, 0.6) is 5.75 Å². The number of fused-ring (bicyclic) bond motifs is 1. The van der Waals surface area contributed by atoms with Crippen molar-refractivity contribution in [3.05, 3.63) is 59.2 Å². The average Bonchev–Trinajstić information content (AvgIpc) is 2.93. The fraction of sp³-hybridized carbons (Fsp3) is 0.448. The fourth-order valence-corrected chi connectivity index (χ4v) is 4.79. The Hall–Kier alpha value is -3.52. The van der Waals surface area contributed by atoms with Crippen LogP contribution in [0.1, 0.15) is 60.0 Å². The highest BCUT2D eigenvalue weighted by molar-refractivity contribution is 5.94. The minimum atomic E-state index is -0.506. The second kappa shape index (κ2) is 14.3. The summed E-state index contributed by atoms with van der Waals surface area (Å²) >= 11 is 0. The number of benzene rings is 2.